The highest BCUT2D eigenvalue weighted by Gasteiger charge is 2.15. The summed E-state index contributed by atoms with van der Waals surface area (Å²) in [6, 6.07) is 19.3. The van der Waals surface area contributed by atoms with Gasteiger partial charge in [0, 0.05) is 28.6 Å². The van der Waals surface area contributed by atoms with Gasteiger partial charge in [-0.25, -0.2) is 0 Å². The molecule has 0 saturated heterocycles. The molecule has 2 amide bonds. The molecule has 29 heavy (non-hydrogen) atoms. The number of ether oxygens (including phenoxy) is 2. The van der Waals surface area contributed by atoms with Crippen LogP contribution in [0.15, 0.2) is 66.7 Å². The molecule has 0 aromatic heterocycles. The van der Waals surface area contributed by atoms with E-state index in [0.29, 0.717) is 47.2 Å². The van der Waals surface area contributed by atoms with Gasteiger partial charge in [0.25, 0.3) is 11.8 Å². The molecule has 0 unspecified atom stereocenters. The second-order valence-corrected chi connectivity index (χ2v) is 6.71. The van der Waals surface area contributed by atoms with E-state index in [1.54, 1.807) is 42.5 Å². The predicted molar refractivity (Wildman–Crippen MR) is 111 cm³/mol. The largest absolute Gasteiger partial charge is 0.486 e. The third kappa shape index (κ3) is 4.38. The van der Waals surface area contributed by atoms with Gasteiger partial charge in [-0.2, -0.15) is 0 Å². The first-order valence-electron chi connectivity index (χ1n) is 9.27. The standard InChI is InChI=1S/C23H20N2O4/c1-15-5-7-18(8-6-15)24-22(26)16-3-2-4-17(13-16)23(27)25-19-9-10-20-21(14-19)29-12-11-28-20/h2-10,13-14H,11-12H2,1H3,(H,24,26)(H,25,27). The monoisotopic (exact) mass is 388 g/mol. The first kappa shape index (κ1) is 18.6. The molecule has 1 heterocycles. The van der Waals surface area contributed by atoms with Crippen LogP contribution in [-0.2, 0) is 0 Å². The van der Waals surface area contributed by atoms with Gasteiger partial charge in [0.1, 0.15) is 13.2 Å². The second kappa shape index (κ2) is 8.06. The Kier molecular flexibility index (Phi) is 5.16. The molecule has 0 spiro atoms. The number of carbonyl (C=O) groups excluding carboxylic acids is 2. The fraction of sp³-hybridized carbons (Fsp3) is 0.130. The van der Waals surface area contributed by atoms with E-state index in [4.69, 9.17) is 9.47 Å². The summed E-state index contributed by atoms with van der Waals surface area (Å²) in [5, 5.41) is 5.66. The average Bonchev–Trinajstić information content (AvgIpc) is 2.75. The Hall–Kier alpha value is -3.80. The average molecular weight is 388 g/mol. The van der Waals surface area contributed by atoms with Gasteiger partial charge in [-0.3, -0.25) is 9.59 Å². The number of amides is 2. The molecule has 0 aliphatic carbocycles. The maximum atomic E-state index is 12.6. The van der Waals surface area contributed by atoms with E-state index in [2.05, 4.69) is 10.6 Å². The predicted octanol–water partition coefficient (Wildman–Crippen LogP) is 4.27. The van der Waals surface area contributed by atoms with Gasteiger partial charge in [-0.05, 0) is 49.4 Å². The first-order chi connectivity index (χ1) is 14.1. The van der Waals surface area contributed by atoms with E-state index in [9.17, 15) is 9.59 Å². The van der Waals surface area contributed by atoms with Crippen LogP contribution >= 0.6 is 0 Å². The van der Waals surface area contributed by atoms with Crippen LogP contribution in [-0.4, -0.2) is 25.0 Å². The fourth-order valence-corrected chi connectivity index (χ4v) is 2.97. The van der Waals surface area contributed by atoms with Gasteiger partial charge in [-0.1, -0.05) is 23.8 Å². The van der Waals surface area contributed by atoms with Crippen molar-refractivity contribution in [1.29, 1.82) is 0 Å². The number of hydrogen-bond acceptors (Lipinski definition) is 4. The third-order valence-corrected chi connectivity index (χ3v) is 4.50. The van der Waals surface area contributed by atoms with Crippen LogP contribution < -0.4 is 20.1 Å². The Morgan fingerprint density at radius 3 is 2.00 bits per heavy atom. The second-order valence-electron chi connectivity index (χ2n) is 6.71. The number of hydrogen-bond donors (Lipinski definition) is 2. The Morgan fingerprint density at radius 1 is 0.724 bits per heavy atom. The van der Waals surface area contributed by atoms with Gasteiger partial charge in [0.2, 0.25) is 0 Å². The zero-order valence-corrected chi connectivity index (χ0v) is 15.9. The van der Waals surface area contributed by atoms with Crippen molar-refractivity contribution in [3.8, 4) is 11.5 Å². The van der Waals surface area contributed by atoms with Crippen molar-refractivity contribution in [2.45, 2.75) is 6.92 Å². The number of rotatable bonds is 4. The van der Waals surface area contributed by atoms with Crippen LogP contribution in [0.4, 0.5) is 11.4 Å². The summed E-state index contributed by atoms with van der Waals surface area (Å²) < 4.78 is 11.0. The molecule has 6 heteroatoms. The molecule has 1 aliphatic rings. The van der Waals surface area contributed by atoms with E-state index >= 15 is 0 Å². The molecule has 1 aliphatic heterocycles. The van der Waals surface area contributed by atoms with Gasteiger partial charge in [0.15, 0.2) is 11.5 Å². The Labute approximate surface area is 168 Å². The molecule has 0 atom stereocenters. The van der Waals surface area contributed by atoms with Crippen LogP contribution in [0.2, 0.25) is 0 Å². The molecule has 2 N–H and O–H groups in total. The Morgan fingerprint density at radius 2 is 1.31 bits per heavy atom. The summed E-state index contributed by atoms with van der Waals surface area (Å²) in [5.41, 5.74) is 3.19. The third-order valence-electron chi connectivity index (χ3n) is 4.50. The number of carbonyl (C=O) groups is 2. The van der Waals surface area contributed by atoms with Crippen molar-refractivity contribution in [3.63, 3.8) is 0 Å². The summed E-state index contributed by atoms with van der Waals surface area (Å²) >= 11 is 0. The molecular formula is C23H20N2O4. The zero-order valence-electron chi connectivity index (χ0n) is 15.9. The number of anilines is 2. The molecule has 146 valence electrons. The van der Waals surface area contributed by atoms with Crippen LogP contribution in [0, 0.1) is 6.92 Å². The fourth-order valence-electron chi connectivity index (χ4n) is 2.97. The number of benzene rings is 3. The maximum absolute atomic E-state index is 12.6. The lowest BCUT2D eigenvalue weighted by Gasteiger charge is -2.19. The summed E-state index contributed by atoms with van der Waals surface area (Å²) in [5.74, 6) is 0.666. The van der Waals surface area contributed by atoms with E-state index in [1.165, 1.54) is 0 Å². The van der Waals surface area contributed by atoms with Crippen molar-refractivity contribution in [1.82, 2.24) is 0 Å². The number of fused-ring (bicyclic) bond motifs is 1. The van der Waals surface area contributed by atoms with Crippen molar-refractivity contribution in [2.75, 3.05) is 23.8 Å². The lowest BCUT2D eigenvalue weighted by atomic mass is 10.1. The minimum absolute atomic E-state index is 0.275. The zero-order chi connectivity index (χ0) is 20.2. The quantitative estimate of drug-likeness (QED) is 0.700. The van der Waals surface area contributed by atoms with Crippen LogP contribution in [0.3, 0.4) is 0 Å². The van der Waals surface area contributed by atoms with Crippen molar-refractivity contribution in [3.05, 3.63) is 83.4 Å². The molecular weight excluding hydrogens is 368 g/mol. The lowest BCUT2D eigenvalue weighted by molar-refractivity contribution is 0.102. The van der Waals surface area contributed by atoms with Gasteiger partial charge >= 0.3 is 0 Å². The van der Waals surface area contributed by atoms with Crippen LogP contribution in [0.25, 0.3) is 0 Å². The highest BCUT2D eigenvalue weighted by molar-refractivity contribution is 6.08. The highest BCUT2D eigenvalue weighted by atomic mass is 16.6. The first-order valence-corrected chi connectivity index (χ1v) is 9.27. The summed E-state index contributed by atoms with van der Waals surface area (Å²) in [4.78, 5) is 25.2. The summed E-state index contributed by atoms with van der Waals surface area (Å²) in [7, 11) is 0. The van der Waals surface area contributed by atoms with Gasteiger partial charge in [0.05, 0.1) is 0 Å². The smallest absolute Gasteiger partial charge is 0.255 e. The lowest BCUT2D eigenvalue weighted by Crippen LogP contribution is -2.17. The Bertz CT molecular complexity index is 1060. The molecule has 0 bridgehead atoms. The van der Waals surface area contributed by atoms with E-state index in [-0.39, 0.29) is 11.8 Å². The van der Waals surface area contributed by atoms with E-state index in [0.717, 1.165) is 5.56 Å². The molecule has 6 nitrogen and oxygen atoms in total. The summed E-state index contributed by atoms with van der Waals surface area (Å²) in [6.45, 7) is 2.97. The van der Waals surface area contributed by atoms with E-state index < -0.39 is 0 Å². The van der Waals surface area contributed by atoms with E-state index in [1.807, 2.05) is 31.2 Å². The normalized spacial score (nSPS) is 12.2. The van der Waals surface area contributed by atoms with Crippen LogP contribution in [0.1, 0.15) is 26.3 Å². The maximum Gasteiger partial charge on any atom is 0.255 e. The topological polar surface area (TPSA) is 76.7 Å². The Balaban J connectivity index is 1.47. The minimum Gasteiger partial charge on any atom is -0.486 e. The van der Waals surface area contributed by atoms with Crippen molar-refractivity contribution < 1.29 is 19.1 Å². The van der Waals surface area contributed by atoms with Crippen molar-refractivity contribution >= 4 is 23.2 Å². The summed E-state index contributed by atoms with van der Waals surface area (Å²) in [6.07, 6.45) is 0. The van der Waals surface area contributed by atoms with Crippen molar-refractivity contribution in [2.24, 2.45) is 0 Å². The number of aryl methyl sites for hydroxylation is 1. The molecule has 3 aromatic rings. The molecule has 0 saturated carbocycles. The molecule has 0 fully saturated rings. The molecule has 4 rings (SSSR count). The molecule has 3 aromatic carbocycles. The van der Waals surface area contributed by atoms with Crippen LogP contribution in [0.5, 0.6) is 11.5 Å². The number of nitrogens with one attached hydrogen (secondary N) is 2. The highest BCUT2D eigenvalue weighted by Crippen LogP contribution is 2.32. The SMILES string of the molecule is Cc1ccc(NC(=O)c2cccc(C(=O)Nc3ccc4c(c3)OCCO4)c2)cc1. The van der Waals surface area contributed by atoms with Gasteiger partial charge < -0.3 is 20.1 Å². The molecule has 0 radical (unpaired) electrons. The minimum atomic E-state index is -0.313. The van der Waals surface area contributed by atoms with Gasteiger partial charge in [-0.15, -0.1) is 0 Å².